The molecule has 0 spiro atoms. The second-order valence-electron chi connectivity index (χ2n) is 12.4. The minimum absolute atomic E-state index is 0.192. The summed E-state index contributed by atoms with van der Waals surface area (Å²) in [4.78, 5) is 43.2. The largest absolute Gasteiger partial charge is 0.444 e. The van der Waals surface area contributed by atoms with Gasteiger partial charge in [0.2, 0.25) is 11.8 Å². The number of nitrogens with zero attached hydrogens (tertiary/aromatic N) is 1. The molecule has 3 atom stereocenters. The van der Waals surface area contributed by atoms with Gasteiger partial charge in [-0.3, -0.25) is 9.59 Å². The van der Waals surface area contributed by atoms with E-state index in [0.717, 1.165) is 22.3 Å². The summed E-state index contributed by atoms with van der Waals surface area (Å²) in [5.41, 5.74) is 2.29. The van der Waals surface area contributed by atoms with Gasteiger partial charge in [-0.1, -0.05) is 86.8 Å². The molecule has 0 heterocycles. The Hall–Kier alpha value is -3.35. The molecule has 0 saturated carbocycles. The highest BCUT2D eigenvalue weighted by atomic mass is 16.6. The third-order valence-electron chi connectivity index (χ3n) is 7.28. The van der Waals surface area contributed by atoms with Gasteiger partial charge in [0, 0.05) is 12.1 Å². The van der Waals surface area contributed by atoms with E-state index in [4.69, 9.17) is 4.74 Å². The van der Waals surface area contributed by atoms with Crippen molar-refractivity contribution in [2.24, 2.45) is 5.92 Å². The number of carbonyl (C=O) groups excluding carboxylic acids is 3. The Labute approximate surface area is 241 Å². The first-order chi connectivity index (χ1) is 18.6. The fraction of sp³-hybridized carbons (Fsp3) is 0.545. The van der Waals surface area contributed by atoms with Crippen LogP contribution in [0.25, 0.3) is 0 Å². The number of benzene rings is 2. The van der Waals surface area contributed by atoms with Crippen LogP contribution < -0.4 is 10.6 Å². The van der Waals surface area contributed by atoms with Crippen LogP contribution in [0.15, 0.2) is 48.5 Å². The van der Waals surface area contributed by atoms with Crippen LogP contribution in [0.4, 0.5) is 4.79 Å². The van der Waals surface area contributed by atoms with Crippen LogP contribution in [0.1, 0.15) is 96.5 Å². The molecule has 0 bridgehead atoms. The van der Waals surface area contributed by atoms with E-state index in [1.165, 1.54) is 0 Å². The van der Waals surface area contributed by atoms with Gasteiger partial charge in [-0.05, 0) is 71.9 Å². The van der Waals surface area contributed by atoms with Crippen LogP contribution in [0.3, 0.4) is 0 Å². The van der Waals surface area contributed by atoms with Crippen molar-refractivity contribution < 1.29 is 19.1 Å². The Balaban J connectivity index is 2.63. The third-order valence-corrected chi connectivity index (χ3v) is 7.28. The van der Waals surface area contributed by atoms with Crippen molar-refractivity contribution in [3.63, 3.8) is 0 Å². The number of hydrogen-bond acceptors (Lipinski definition) is 4. The van der Waals surface area contributed by atoms with Gasteiger partial charge in [-0.15, -0.1) is 0 Å². The lowest BCUT2D eigenvalue weighted by molar-refractivity contribution is -0.150. The van der Waals surface area contributed by atoms with Gasteiger partial charge in [0.05, 0.1) is 0 Å². The molecular formula is C33H49N3O4. The molecule has 7 nitrogen and oxygen atoms in total. The zero-order valence-corrected chi connectivity index (χ0v) is 26.1. The molecule has 0 aliphatic carbocycles. The van der Waals surface area contributed by atoms with Crippen LogP contribution in [0.5, 0.6) is 0 Å². The fourth-order valence-corrected chi connectivity index (χ4v) is 4.68. The molecular weight excluding hydrogens is 502 g/mol. The molecule has 2 aromatic rings. The number of alkyl carbamates (subject to hydrolysis) is 1. The molecule has 0 radical (unpaired) electrons. The molecule has 40 heavy (non-hydrogen) atoms. The molecule has 0 aliphatic heterocycles. The van der Waals surface area contributed by atoms with Gasteiger partial charge in [0.1, 0.15) is 17.7 Å². The van der Waals surface area contributed by atoms with E-state index in [2.05, 4.69) is 10.6 Å². The third kappa shape index (κ3) is 9.10. The first-order valence-electron chi connectivity index (χ1n) is 14.3. The summed E-state index contributed by atoms with van der Waals surface area (Å²) in [6.07, 6.45) is 0.601. The van der Waals surface area contributed by atoms with Crippen LogP contribution in [0, 0.1) is 19.8 Å². The van der Waals surface area contributed by atoms with Crippen molar-refractivity contribution in [2.75, 3.05) is 0 Å². The summed E-state index contributed by atoms with van der Waals surface area (Å²) in [6.45, 7) is 19.5. The molecule has 2 N–H and O–H groups in total. The number of amides is 3. The molecule has 0 fully saturated rings. The number of nitrogens with one attached hydrogen (secondary N) is 2. The van der Waals surface area contributed by atoms with Gasteiger partial charge < -0.3 is 20.3 Å². The molecule has 3 amide bonds. The minimum atomic E-state index is -0.906. The van der Waals surface area contributed by atoms with E-state index in [-0.39, 0.29) is 17.7 Å². The van der Waals surface area contributed by atoms with E-state index in [1.54, 1.807) is 25.7 Å². The summed E-state index contributed by atoms with van der Waals surface area (Å²) in [5.74, 6) is -0.780. The predicted molar refractivity (Wildman–Crippen MR) is 161 cm³/mol. The maximum atomic E-state index is 14.6. The Bertz CT molecular complexity index is 1130. The predicted octanol–water partition coefficient (Wildman–Crippen LogP) is 6.62. The summed E-state index contributed by atoms with van der Waals surface area (Å²) in [6, 6.07) is 13.9. The normalized spacial score (nSPS) is 14.1. The van der Waals surface area contributed by atoms with Gasteiger partial charge in [-0.25, -0.2) is 4.79 Å². The summed E-state index contributed by atoms with van der Waals surface area (Å²) < 4.78 is 5.52. The quantitative estimate of drug-likeness (QED) is 0.329. The highest BCUT2D eigenvalue weighted by Gasteiger charge is 2.44. The first kappa shape index (κ1) is 32.9. The van der Waals surface area contributed by atoms with Crippen molar-refractivity contribution in [1.29, 1.82) is 0 Å². The number of hydrogen-bond donors (Lipinski definition) is 2. The van der Waals surface area contributed by atoms with Crippen molar-refractivity contribution >= 4 is 17.9 Å². The molecule has 0 aromatic heterocycles. The van der Waals surface area contributed by atoms with Crippen LogP contribution in [-0.4, -0.2) is 40.0 Å². The smallest absolute Gasteiger partial charge is 0.408 e. The first-order valence-corrected chi connectivity index (χ1v) is 14.3. The minimum Gasteiger partial charge on any atom is -0.444 e. The van der Waals surface area contributed by atoms with Gasteiger partial charge >= 0.3 is 6.09 Å². The lowest BCUT2D eigenvalue weighted by Gasteiger charge is -2.45. The average Bonchev–Trinajstić information content (AvgIpc) is 2.87. The number of rotatable bonds is 11. The van der Waals surface area contributed by atoms with E-state index < -0.39 is 29.3 Å². The lowest BCUT2D eigenvalue weighted by atomic mass is 9.88. The highest BCUT2D eigenvalue weighted by Crippen LogP contribution is 2.34. The second-order valence-corrected chi connectivity index (χ2v) is 12.4. The average molecular weight is 552 g/mol. The molecule has 220 valence electrons. The highest BCUT2D eigenvalue weighted by molar-refractivity contribution is 5.93. The molecule has 2 rings (SSSR count). The number of aryl methyl sites for hydroxylation is 2. The number of ether oxygens (including phenoxy) is 1. The van der Waals surface area contributed by atoms with Crippen LogP contribution in [-0.2, 0) is 20.9 Å². The van der Waals surface area contributed by atoms with Crippen LogP contribution >= 0.6 is 0 Å². The van der Waals surface area contributed by atoms with E-state index >= 15 is 0 Å². The fourth-order valence-electron chi connectivity index (χ4n) is 4.68. The Morgan fingerprint density at radius 1 is 0.925 bits per heavy atom. The standard InChI is InChI=1S/C33H49N3O4/c1-11-24(5)27(35-31(39)40-32(6,7)8)30(38)36(33(9,10)12-2)28(26-19-22(3)18-23(4)20-26)29(37)34-21-25-16-14-13-15-17-25/h13-20,24,27-28H,11-12,21H2,1-10H3,(H,34,37)(H,35,39). The Morgan fingerprint density at radius 3 is 2.00 bits per heavy atom. The van der Waals surface area contributed by atoms with Crippen molar-refractivity contribution in [3.8, 4) is 0 Å². The Kier molecular flexibility index (Phi) is 11.4. The molecule has 2 aromatic carbocycles. The SMILES string of the molecule is CCC(C)C(NC(=O)OC(C)(C)C)C(=O)N(C(C(=O)NCc1ccccc1)c1cc(C)cc(C)c1)C(C)(C)CC. The monoisotopic (exact) mass is 551 g/mol. The summed E-state index contributed by atoms with van der Waals surface area (Å²) in [5, 5.41) is 5.92. The lowest BCUT2D eigenvalue weighted by Crippen LogP contribution is -2.60. The maximum Gasteiger partial charge on any atom is 0.408 e. The molecule has 0 aliphatic rings. The molecule has 7 heteroatoms. The zero-order valence-electron chi connectivity index (χ0n) is 26.1. The van der Waals surface area contributed by atoms with Gasteiger partial charge in [-0.2, -0.15) is 0 Å². The van der Waals surface area contributed by atoms with Crippen molar-refractivity contribution in [2.45, 2.75) is 112 Å². The van der Waals surface area contributed by atoms with Crippen LogP contribution in [0.2, 0.25) is 0 Å². The van der Waals surface area contributed by atoms with E-state index in [1.807, 2.05) is 97.0 Å². The van der Waals surface area contributed by atoms with E-state index in [9.17, 15) is 14.4 Å². The summed E-state index contributed by atoms with van der Waals surface area (Å²) >= 11 is 0. The zero-order chi connectivity index (χ0) is 30.3. The molecule has 0 saturated heterocycles. The maximum absolute atomic E-state index is 14.6. The Morgan fingerprint density at radius 2 is 1.50 bits per heavy atom. The molecule has 3 unspecified atom stereocenters. The second kappa shape index (κ2) is 13.8. The summed E-state index contributed by atoms with van der Waals surface area (Å²) in [7, 11) is 0. The van der Waals surface area contributed by atoms with Crippen molar-refractivity contribution in [3.05, 3.63) is 70.8 Å². The topological polar surface area (TPSA) is 87.7 Å². The van der Waals surface area contributed by atoms with Gasteiger partial charge in [0.25, 0.3) is 0 Å². The van der Waals surface area contributed by atoms with Crippen molar-refractivity contribution in [1.82, 2.24) is 15.5 Å². The van der Waals surface area contributed by atoms with Gasteiger partial charge in [0.15, 0.2) is 0 Å². The number of carbonyl (C=O) groups is 3. The van der Waals surface area contributed by atoms with E-state index in [0.29, 0.717) is 19.4 Å².